The van der Waals surface area contributed by atoms with E-state index < -0.39 is 12.2 Å². The molecule has 5 N–H and O–H groups in total. The molecule has 10 nitrogen and oxygen atoms in total. The van der Waals surface area contributed by atoms with Crippen LogP contribution in [0.15, 0.2) is 59.8 Å². The fourth-order valence-corrected chi connectivity index (χ4v) is 3.67. The van der Waals surface area contributed by atoms with E-state index in [4.69, 9.17) is 11.5 Å². The van der Waals surface area contributed by atoms with Gasteiger partial charge in [-0.05, 0) is 25.0 Å². The zero-order chi connectivity index (χ0) is 20.2. The fourth-order valence-electron chi connectivity index (χ4n) is 3.67. The van der Waals surface area contributed by atoms with Gasteiger partial charge < -0.3 is 11.5 Å². The fraction of sp³-hybridized carbons (Fsp3) is 0.368. The maximum Gasteiger partial charge on any atom is 0.251 e. The van der Waals surface area contributed by atoms with Crippen molar-refractivity contribution in [1.82, 2.24) is 25.2 Å². The molecule has 0 spiro atoms. The molecule has 1 fully saturated rings. The zero-order valence-electron chi connectivity index (χ0n) is 16.0. The number of rotatable bonds is 6. The van der Waals surface area contributed by atoms with Crippen LogP contribution in [-0.2, 0) is 4.79 Å². The van der Waals surface area contributed by atoms with Gasteiger partial charge >= 0.3 is 0 Å². The van der Waals surface area contributed by atoms with Crippen molar-refractivity contribution in [2.45, 2.75) is 44.1 Å². The van der Waals surface area contributed by atoms with Crippen LogP contribution in [0, 0.1) is 0 Å². The molecule has 0 radical (unpaired) electrons. The predicted octanol–water partition coefficient (Wildman–Crippen LogP) is 0.362. The molecule has 3 atom stereocenters. The van der Waals surface area contributed by atoms with Crippen molar-refractivity contribution >= 4 is 17.8 Å². The lowest BCUT2D eigenvalue weighted by atomic mass is 9.91. The molecule has 2 aliphatic rings. The number of carbonyl (C=O) groups is 1. The number of nitrogens with two attached hydrogens (primary N) is 2. The summed E-state index contributed by atoms with van der Waals surface area (Å²) in [6, 6.07) is 9.86. The normalized spacial score (nSPS) is 24.2. The summed E-state index contributed by atoms with van der Waals surface area (Å²) in [5, 5.41) is 15.0. The SMILES string of the molecule is NC(=O)C1=CN(N(c2ccccc2)n2cnnc2)C(N[C@@H]2CCCC[C@@H]2N)N=C1. The van der Waals surface area contributed by atoms with E-state index in [0.29, 0.717) is 5.57 Å². The number of carbonyl (C=O) groups excluding carboxylic acids is 1. The minimum atomic E-state index is -0.552. The van der Waals surface area contributed by atoms with E-state index in [1.54, 1.807) is 28.5 Å². The Bertz CT molecular complexity index is 880. The Balaban J connectivity index is 1.71. The molecule has 1 unspecified atom stereocenters. The Labute approximate surface area is 168 Å². The Morgan fingerprint density at radius 2 is 1.86 bits per heavy atom. The van der Waals surface area contributed by atoms with Crippen LogP contribution < -0.4 is 21.9 Å². The molecule has 1 aromatic carbocycles. The number of benzene rings is 1. The highest BCUT2D eigenvalue weighted by Crippen LogP contribution is 2.24. The van der Waals surface area contributed by atoms with Crippen molar-refractivity contribution in [1.29, 1.82) is 0 Å². The third-order valence-electron chi connectivity index (χ3n) is 5.18. The summed E-state index contributed by atoms with van der Waals surface area (Å²) in [6.45, 7) is 0. The second-order valence-corrected chi connectivity index (χ2v) is 7.17. The number of nitrogens with one attached hydrogen (secondary N) is 1. The van der Waals surface area contributed by atoms with Gasteiger partial charge in [-0.1, -0.05) is 31.0 Å². The summed E-state index contributed by atoms with van der Waals surface area (Å²) in [7, 11) is 0. The standard InChI is InChI=1S/C19H25N9O/c20-16-8-4-5-9-17(16)25-19-22-10-14(18(21)29)11-27(19)28(26-12-23-24-13-26)15-6-2-1-3-7-15/h1-3,6-7,10-13,16-17,19,25H,4-5,8-9,20H2,(H2,21,29)/t16-,17+,19?/m0/s1. The second kappa shape index (κ2) is 8.41. The number of nitrogens with zero attached hydrogens (tertiary/aromatic N) is 6. The molecule has 10 heteroatoms. The van der Waals surface area contributed by atoms with Gasteiger partial charge in [0.1, 0.15) is 12.7 Å². The Hall–Kier alpha value is -3.24. The first-order chi connectivity index (χ1) is 14.1. The van der Waals surface area contributed by atoms with Gasteiger partial charge in [-0.2, -0.15) is 5.12 Å². The van der Waals surface area contributed by atoms with Crippen LogP contribution in [0.3, 0.4) is 0 Å². The van der Waals surface area contributed by atoms with E-state index in [-0.39, 0.29) is 12.1 Å². The molecule has 1 aromatic heterocycles. The molecule has 152 valence electrons. The van der Waals surface area contributed by atoms with Crippen molar-refractivity contribution < 1.29 is 4.79 Å². The minimum absolute atomic E-state index is 0.0578. The van der Waals surface area contributed by atoms with Gasteiger partial charge in [-0.15, -0.1) is 10.2 Å². The topological polar surface area (TPSA) is 131 Å². The van der Waals surface area contributed by atoms with Crippen molar-refractivity contribution in [3.63, 3.8) is 0 Å². The van der Waals surface area contributed by atoms with Gasteiger partial charge in [0.2, 0.25) is 0 Å². The lowest BCUT2D eigenvalue weighted by Gasteiger charge is -2.42. The van der Waals surface area contributed by atoms with Crippen LogP contribution in [0.25, 0.3) is 0 Å². The van der Waals surface area contributed by atoms with Crippen LogP contribution in [0.2, 0.25) is 0 Å². The zero-order valence-corrected chi connectivity index (χ0v) is 16.0. The van der Waals surface area contributed by atoms with Gasteiger partial charge in [0, 0.05) is 24.5 Å². The summed E-state index contributed by atoms with van der Waals surface area (Å²) in [5.41, 5.74) is 13.0. The Morgan fingerprint density at radius 3 is 2.55 bits per heavy atom. The molecule has 0 bridgehead atoms. The van der Waals surface area contributed by atoms with E-state index in [2.05, 4.69) is 20.5 Å². The Kier molecular flexibility index (Phi) is 5.54. The molecule has 2 heterocycles. The molecule has 4 rings (SSSR count). The Morgan fingerprint density at radius 1 is 1.14 bits per heavy atom. The summed E-state index contributed by atoms with van der Waals surface area (Å²) in [4.78, 5) is 16.4. The molecule has 29 heavy (non-hydrogen) atoms. The van der Waals surface area contributed by atoms with Gasteiger partial charge in [0.25, 0.3) is 5.91 Å². The first-order valence-corrected chi connectivity index (χ1v) is 9.68. The minimum Gasteiger partial charge on any atom is -0.366 e. The average Bonchev–Trinajstić information content (AvgIpc) is 3.26. The van der Waals surface area contributed by atoms with Gasteiger partial charge in [-0.25, -0.2) is 9.69 Å². The summed E-state index contributed by atoms with van der Waals surface area (Å²) >= 11 is 0. The largest absolute Gasteiger partial charge is 0.366 e. The number of para-hydroxylation sites is 1. The number of aliphatic imine (C=N–C) groups is 1. The molecule has 2 aromatic rings. The highest BCUT2D eigenvalue weighted by atomic mass is 16.1. The van der Waals surface area contributed by atoms with Crippen molar-refractivity contribution in [2.75, 3.05) is 5.12 Å². The van der Waals surface area contributed by atoms with Crippen molar-refractivity contribution in [3.05, 3.63) is 54.8 Å². The lowest BCUT2D eigenvalue weighted by molar-refractivity contribution is -0.114. The van der Waals surface area contributed by atoms with Gasteiger partial charge in [-0.3, -0.25) is 15.1 Å². The first kappa shape index (κ1) is 19.1. The molecule has 1 saturated carbocycles. The molecule has 1 amide bonds. The highest BCUT2D eigenvalue weighted by molar-refractivity contribution is 6.11. The molecular weight excluding hydrogens is 370 g/mol. The maximum atomic E-state index is 11.8. The summed E-state index contributed by atoms with van der Waals surface area (Å²) in [5.74, 6) is -0.552. The van der Waals surface area contributed by atoms with Crippen LogP contribution in [0.4, 0.5) is 5.69 Å². The third-order valence-corrected chi connectivity index (χ3v) is 5.18. The number of amides is 1. The van der Waals surface area contributed by atoms with Gasteiger partial charge in [0.15, 0.2) is 6.29 Å². The van der Waals surface area contributed by atoms with Gasteiger partial charge in [0.05, 0.1) is 11.3 Å². The number of anilines is 1. The number of hydrogen-bond donors (Lipinski definition) is 3. The van der Waals surface area contributed by atoms with E-state index in [9.17, 15) is 4.79 Å². The first-order valence-electron chi connectivity index (χ1n) is 9.68. The molecule has 1 aliphatic carbocycles. The van der Waals surface area contributed by atoms with E-state index in [0.717, 1.165) is 31.4 Å². The van der Waals surface area contributed by atoms with E-state index in [1.165, 1.54) is 6.21 Å². The lowest BCUT2D eigenvalue weighted by Crippen LogP contribution is -2.60. The highest BCUT2D eigenvalue weighted by Gasteiger charge is 2.31. The monoisotopic (exact) mass is 395 g/mol. The van der Waals surface area contributed by atoms with Crippen LogP contribution in [-0.4, -0.2) is 50.4 Å². The summed E-state index contributed by atoms with van der Waals surface area (Å²) < 4.78 is 1.71. The second-order valence-electron chi connectivity index (χ2n) is 7.17. The third kappa shape index (κ3) is 4.13. The quantitative estimate of drug-likeness (QED) is 0.644. The number of hydrazine groups is 1. The van der Waals surface area contributed by atoms with E-state index in [1.807, 2.05) is 35.4 Å². The molecule has 0 saturated heterocycles. The van der Waals surface area contributed by atoms with Crippen molar-refractivity contribution in [3.8, 4) is 0 Å². The van der Waals surface area contributed by atoms with Crippen LogP contribution in [0.5, 0.6) is 0 Å². The molecular formula is C19H25N9O. The molecule has 1 aliphatic heterocycles. The van der Waals surface area contributed by atoms with Crippen molar-refractivity contribution in [2.24, 2.45) is 16.5 Å². The average molecular weight is 395 g/mol. The number of aromatic nitrogens is 3. The summed E-state index contributed by atoms with van der Waals surface area (Å²) in [6.07, 6.45) is 10.1. The number of primary amides is 1. The van der Waals surface area contributed by atoms with Crippen LogP contribution >= 0.6 is 0 Å². The predicted molar refractivity (Wildman–Crippen MR) is 109 cm³/mol. The smallest absolute Gasteiger partial charge is 0.251 e. The number of hydrogen-bond acceptors (Lipinski definition) is 8. The van der Waals surface area contributed by atoms with Crippen LogP contribution in [0.1, 0.15) is 25.7 Å². The maximum absolute atomic E-state index is 11.8. The van der Waals surface area contributed by atoms with E-state index >= 15 is 0 Å².